The lowest BCUT2D eigenvalue weighted by atomic mass is 10.1. The molecule has 0 atom stereocenters. The molecule has 2 N–H and O–H groups in total. The van der Waals surface area contributed by atoms with Gasteiger partial charge in [-0.2, -0.15) is 0 Å². The lowest BCUT2D eigenvalue weighted by Gasteiger charge is -2.03. The molecule has 1 amide bonds. The molecule has 0 radical (unpaired) electrons. The summed E-state index contributed by atoms with van der Waals surface area (Å²) in [5.41, 5.74) is 2.27. The Hall–Kier alpha value is -3.22. The average molecular weight is 307 g/mol. The highest BCUT2D eigenvalue weighted by Gasteiger charge is 2.16. The summed E-state index contributed by atoms with van der Waals surface area (Å²) in [6, 6.07) is 10.9. The van der Waals surface area contributed by atoms with E-state index in [0.717, 1.165) is 17.7 Å². The van der Waals surface area contributed by atoms with Gasteiger partial charge in [0.2, 0.25) is 5.95 Å². The van der Waals surface area contributed by atoms with Gasteiger partial charge >= 0.3 is 0 Å². The van der Waals surface area contributed by atoms with Gasteiger partial charge in [0.05, 0.1) is 6.61 Å². The van der Waals surface area contributed by atoms with E-state index in [4.69, 9.17) is 4.74 Å². The fraction of sp³-hybridized carbons (Fsp3) is 0.125. The second-order valence-corrected chi connectivity index (χ2v) is 5.11. The van der Waals surface area contributed by atoms with Crippen molar-refractivity contribution in [1.29, 1.82) is 0 Å². The highest BCUT2D eigenvalue weighted by atomic mass is 16.5. The maximum Gasteiger partial charge on any atom is 0.258 e. The zero-order chi connectivity index (χ0) is 15.6. The number of pyridine rings is 1. The van der Waals surface area contributed by atoms with Gasteiger partial charge in [-0.1, -0.05) is 6.07 Å². The minimum Gasteiger partial charge on any atom is -0.493 e. The van der Waals surface area contributed by atoms with Crippen molar-refractivity contribution in [2.24, 2.45) is 0 Å². The van der Waals surface area contributed by atoms with Crippen LogP contribution in [-0.2, 0) is 6.42 Å². The van der Waals surface area contributed by atoms with Crippen LogP contribution in [0.2, 0.25) is 0 Å². The number of aromatic amines is 1. The smallest absolute Gasteiger partial charge is 0.258 e. The number of anilines is 1. The van der Waals surface area contributed by atoms with Gasteiger partial charge in [0.15, 0.2) is 5.82 Å². The number of benzene rings is 1. The van der Waals surface area contributed by atoms with Crippen molar-refractivity contribution in [3.8, 4) is 17.3 Å². The molecule has 4 rings (SSSR count). The van der Waals surface area contributed by atoms with Crippen LogP contribution in [0.3, 0.4) is 0 Å². The van der Waals surface area contributed by atoms with Crippen molar-refractivity contribution >= 4 is 11.9 Å². The van der Waals surface area contributed by atoms with Crippen molar-refractivity contribution in [3.63, 3.8) is 0 Å². The van der Waals surface area contributed by atoms with Crippen LogP contribution in [0.25, 0.3) is 11.5 Å². The summed E-state index contributed by atoms with van der Waals surface area (Å²) in [7, 11) is 0. The van der Waals surface area contributed by atoms with E-state index in [-0.39, 0.29) is 11.9 Å². The molecular formula is C16H13N5O2. The third-order valence-electron chi connectivity index (χ3n) is 3.58. The summed E-state index contributed by atoms with van der Waals surface area (Å²) in [6.07, 6.45) is 2.49. The molecule has 1 aromatic carbocycles. The van der Waals surface area contributed by atoms with E-state index in [0.29, 0.717) is 23.7 Å². The van der Waals surface area contributed by atoms with Crippen molar-refractivity contribution in [2.45, 2.75) is 6.42 Å². The maximum absolute atomic E-state index is 12.3. The van der Waals surface area contributed by atoms with Crippen LogP contribution in [0, 0.1) is 0 Å². The summed E-state index contributed by atoms with van der Waals surface area (Å²) in [6.45, 7) is 0.663. The number of hydrogen-bond donors (Lipinski definition) is 2. The molecule has 0 unspecified atom stereocenters. The normalized spacial score (nSPS) is 12.5. The number of rotatable bonds is 3. The second-order valence-electron chi connectivity index (χ2n) is 5.11. The number of H-pyrrole nitrogens is 1. The van der Waals surface area contributed by atoms with Crippen molar-refractivity contribution in [3.05, 3.63) is 53.7 Å². The quantitative estimate of drug-likeness (QED) is 0.772. The fourth-order valence-corrected chi connectivity index (χ4v) is 2.44. The zero-order valence-corrected chi connectivity index (χ0v) is 12.1. The lowest BCUT2D eigenvalue weighted by molar-refractivity contribution is 0.102. The third-order valence-corrected chi connectivity index (χ3v) is 3.58. The number of carbonyl (C=O) groups excluding carboxylic acids is 1. The Balaban J connectivity index is 1.52. The molecule has 2 aromatic heterocycles. The van der Waals surface area contributed by atoms with Crippen molar-refractivity contribution in [2.75, 3.05) is 11.9 Å². The molecule has 3 aromatic rings. The molecule has 3 heterocycles. The van der Waals surface area contributed by atoms with Crippen LogP contribution in [0.1, 0.15) is 15.9 Å². The number of hydrogen-bond acceptors (Lipinski definition) is 5. The van der Waals surface area contributed by atoms with Crippen LogP contribution in [0.5, 0.6) is 5.75 Å². The Morgan fingerprint density at radius 2 is 2.17 bits per heavy atom. The van der Waals surface area contributed by atoms with Crippen molar-refractivity contribution < 1.29 is 9.53 Å². The van der Waals surface area contributed by atoms with Crippen LogP contribution >= 0.6 is 0 Å². The highest BCUT2D eigenvalue weighted by molar-refractivity contribution is 6.03. The predicted octanol–water partition coefficient (Wildman–Crippen LogP) is 2.05. The third kappa shape index (κ3) is 2.64. The van der Waals surface area contributed by atoms with Crippen molar-refractivity contribution in [1.82, 2.24) is 20.2 Å². The van der Waals surface area contributed by atoms with Crippen LogP contribution < -0.4 is 10.1 Å². The molecule has 0 spiro atoms. The Labute approximate surface area is 131 Å². The van der Waals surface area contributed by atoms with E-state index in [1.807, 2.05) is 30.3 Å². The number of ether oxygens (including phenoxy) is 1. The van der Waals surface area contributed by atoms with E-state index in [1.54, 1.807) is 12.3 Å². The summed E-state index contributed by atoms with van der Waals surface area (Å²) in [5.74, 6) is 1.39. The second kappa shape index (κ2) is 5.53. The Morgan fingerprint density at radius 1 is 1.22 bits per heavy atom. The molecule has 0 aliphatic carbocycles. The van der Waals surface area contributed by atoms with Gasteiger partial charge in [-0.05, 0) is 35.9 Å². The van der Waals surface area contributed by atoms with Gasteiger partial charge < -0.3 is 9.72 Å². The first-order valence-corrected chi connectivity index (χ1v) is 7.21. The first kappa shape index (κ1) is 13.4. The maximum atomic E-state index is 12.3. The number of nitrogens with one attached hydrogen (secondary N) is 2. The number of nitrogens with zero attached hydrogens (tertiary/aromatic N) is 3. The first-order valence-electron chi connectivity index (χ1n) is 7.21. The summed E-state index contributed by atoms with van der Waals surface area (Å²) in [4.78, 5) is 19.4. The topological polar surface area (TPSA) is 92.8 Å². The number of aromatic nitrogens is 4. The van der Waals surface area contributed by atoms with E-state index in [9.17, 15) is 4.79 Å². The lowest BCUT2D eigenvalue weighted by Crippen LogP contribution is -2.13. The molecule has 0 saturated heterocycles. The van der Waals surface area contributed by atoms with E-state index in [1.165, 1.54) is 0 Å². The molecule has 0 saturated carbocycles. The average Bonchev–Trinajstić information content (AvgIpc) is 3.24. The van der Waals surface area contributed by atoms with Gasteiger partial charge in [-0.25, -0.2) is 0 Å². The van der Waals surface area contributed by atoms with Gasteiger partial charge in [0.1, 0.15) is 11.4 Å². The largest absolute Gasteiger partial charge is 0.493 e. The first-order chi connectivity index (χ1) is 11.3. The van der Waals surface area contributed by atoms with Gasteiger partial charge in [0, 0.05) is 18.2 Å². The number of carbonyl (C=O) groups is 1. The molecule has 7 nitrogen and oxygen atoms in total. The number of fused-ring (bicyclic) bond motifs is 1. The highest BCUT2D eigenvalue weighted by Crippen LogP contribution is 2.26. The van der Waals surface area contributed by atoms with E-state index in [2.05, 4.69) is 25.5 Å². The molecule has 0 bridgehead atoms. The minimum atomic E-state index is -0.247. The van der Waals surface area contributed by atoms with Crippen LogP contribution in [-0.4, -0.2) is 32.7 Å². The monoisotopic (exact) mass is 307 g/mol. The molecule has 1 aliphatic rings. The zero-order valence-electron chi connectivity index (χ0n) is 12.1. The van der Waals surface area contributed by atoms with Gasteiger partial charge in [-0.3, -0.25) is 15.1 Å². The Morgan fingerprint density at radius 3 is 3.04 bits per heavy atom. The van der Waals surface area contributed by atoms with E-state index < -0.39 is 0 Å². The Bertz CT molecular complexity index is 860. The summed E-state index contributed by atoms with van der Waals surface area (Å²) >= 11 is 0. The summed E-state index contributed by atoms with van der Waals surface area (Å²) in [5, 5.41) is 10.6. The van der Waals surface area contributed by atoms with Crippen LogP contribution in [0.15, 0.2) is 42.6 Å². The summed E-state index contributed by atoms with van der Waals surface area (Å²) < 4.78 is 5.44. The number of amides is 1. The fourth-order valence-electron chi connectivity index (χ4n) is 2.44. The molecule has 23 heavy (non-hydrogen) atoms. The van der Waals surface area contributed by atoms with Gasteiger partial charge in [0.25, 0.3) is 5.91 Å². The Kier molecular flexibility index (Phi) is 3.23. The van der Waals surface area contributed by atoms with Crippen LogP contribution in [0.4, 0.5) is 5.95 Å². The van der Waals surface area contributed by atoms with E-state index >= 15 is 0 Å². The SMILES string of the molecule is O=C(Nc1nnc(-c2ccccn2)[nH]1)c1ccc2c(c1)CCO2. The minimum absolute atomic E-state index is 0.247. The van der Waals surface area contributed by atoms with Gasteiger partial charge in [-0.15, -0.1) is 10.2 Å². The molecule has 7 heteroatoms. The molecular weight excluding hydrogens is 294 g/mol. The molecule has 0 fully saturated rings. The molecule has 1 aliphatic heterocycles. The molecule has 114 valence electrons. The standard InChI is InChI=1S/C16H13N5O2/c22-15(11-4-5-13-10(9-11)6-8-23-13)19-16-18-14(20-21-16)12-3-1-2-7-17-12/h1-5,7,9H,6,8H2,(H2,18,19,20,21,22). The predicted molar refractivity (Wildman–Crippen MR) is 83.2 cm³/mol.